The Balaban J connectivity index is 2.35. The van der Waals surface area contributed by atoms with Gasteiger partial charge in [-0.15, -0.1) is 0 Å². The van der Waals surface area contributed by atoms with Gasteiger partial charge in [-0.05, 0) is 28.1 Å². The number of nitrogens with zero attached hydrogens (tertiary/aromatic N) is 2. The summed E-state index contributed by atoms with van der Waals surface area (Å²) in [7, 11) is 0. The van der Waals surface area contributed by atoms with Gasteiger partial charge in [-0.2, -0.15) is 0 Å². The van der Waals surface area contributed by atoms with Crippen LogP contribution >= 0.6 is 15.9 Å². The van der Waals surface area contributed by atoms with Gasteiger partial charge in [0, 0.05) is 6.20 Å². The van der Waals surface area contributed by atoms with Crippen LogP contribution in [0.25, 0.3) is 5.65 Å². The lowest BCUT2D eigenvalue weighted by molar-refractivity contribution is -0.141. The fraction of sp³-hybridized carbons (Fsp3) is 0.182. The third kappa shape index (κ3) is 2.36. The van der Waals surface area contributed by atoms with Crippen molar-refractivity contribution in [3.63, 3.8) is 0 Å². The number of carbonyl (C=O) groups is 1. The molecule has 0 bridgehead atoms. The van der Waals surface area contributed by atoms with Gasteiger partial charge in [-0.1, -0.05) is 0 Å². The Hall–Kier alpha value is -1.69. The van der Waals surface area contributed by atoms with Crippen molar-refractivity contribution < 1.29 is 9.53 Å². The van der Waals surface area contributed by atoms with Gasteiger partial charge in [-0.3, -0.25) is 9.20 Å². The van der Waals surface area contributed by atoms with Crippen LogP contribution in [0.15, 0.2) is 22.9 Å². The highest BCUT2D eigenvalue weighted by atomic mass is 79.9. The van der Waals surface area contributed by atoms with Crippen molar-refractivity contribution in [3.8, 4) is 0 Å². The Morgan fingerprint density at radius 1 is 1.59 bits per heavy atom. The van der Waals surface area contributed by atoms with Crippen LogP contribution in [-0.2, 0) is 16.0 Å². The maximum Gasteiger partial charge on any atom is 0.315 e. The number of fused-ring (bicyclic) bond motifs is 1. The molecule has 2 aromatic heterocycles. The first-order valence-electron chi connectivity index (χ1n) is 4.98. The van der Waals surface area contributed by atoms with Gasteiger partial charge in [0.05, 0.1) is 22.4 Å². The smallest absolute Gasteiger partial charge is 0.315 e. The number of imidazole rings is 1. The van der Waals surface area contributed by atoms with Gasteiger partial charge in [0.15, 0.2) is 5.65 Å². The van der Waals surface area contributed by atoms with E-state index in [1.807, 2.05) is 6.07 Å². The Bertz CT molecular complexity index is 526. The molecule has 2 N–H and O–H groups in total. The van der Waals surface area contributed by atoms with Crippen molar-refractivity contribution >= 4 is 33.2 Å². The lowest BCUT2D eigenvalue weighted by Gasteiger charge is -1.98. The summed E-state index contributed by atoms with van der Waals surface area (Å²) in [5.41, 5.74) is 7.59. The first-order valence-corrected chi connectivity index (χ1v) is 5.78. The molecule has 2 aromatic rings. The minimum Gasteiger partial charge on any atom is -0.423 e. The molecule has 2 heterocycles. The minimum atomic E-state index is -0.349. The zero-order valence-corrected chi connectivity index (χ0v) is 10.6. The standard InChI is InChI=1S/C11H11BrN3O2/c1-2-17-10(16)5-7-6-15-9(12)4-3-8(13)11(15)14-7/h3-4,6H,1-2,5,13H2/q+1. The first-order chi connectivity index (χ1) is 8.11. The van der Waals surface area contributed by atoms with E-state index in [0.29, 0.717) is 17.0 Å². The summed E-state index contributed by atoms with van der Waals surface area (Å²) >= 11 is 3.38. The molecule has 17 heavy (non-hydrogen) atoms. The Morgan fingerprint density at radius 2 is 2.35 bits per heavy atom. The molecule has 0 aliphatic heterocycles. The topological polar surface area (TPSA) is 69.6 Å². The van der Waals surface area contributed by atoms with E-state index in [2.05, 4.69) is 27.8 Å². The van der Waals surface area contributed by atoms with E-state index in [0.717, 1.165) is 4.60 Å². The summed E-state index contributed by atoms with van der Waals surface area (Å²) < 4.78 is 7.36. The third-order valence-electron chi connectivity index (χ3n) is 2.23. The average molecular weight is 297 g/mol. The van der Waals surface area contributed by atoms with Crippen molar-refractivity contribution in [3.05, 3.63) is 35.6 Å². The molecule has 0 unspecified atom stereocenters. The number of hydrogen-bond acceptors (Lipinski definition) is 4. The maximum absolute atomic E-state index is 11.3. The van der Waals surface area contributed by atoms with Crippen LogP contribution in [0.1, 0.15) is 5.69 Å². The summed E-state index contributed by atoms with van der Waals surface area (Å²) in [5.74, 6) is -0.349. The molecule has 0 spiro atoms. The number of hydrogen-bond donors (Lipinski definition) is 1. The minimum absolute atomic E-state index is 0.114. The molecule has 0 radical (unpaired) electrons. The van der Waals surface area contributed by atoms with E-state index < -0.39 is 0 Å². The van der Waals surface area contributed by atoms with Crippen LogP contribution in [0.2, 0.25) is 0 Å². The second-order valence-electron chi connectivity index (χ2n) is 3.43. The largest absolute Gasteiger partial charge is 0.423 e. The van der Waals surface area contributed by atoms with E-state index >= 15 is 0 Å². The van der Waals surface area contributed by atoms with E-state index in [1.165, 1.54) is 0 Å². The quantitative estimate of drug-likeness (QED) is 0.531. The predicted octanol–water partition coefficient (Wildman–Crippen LogP) is 1.60. The zero-order chi connectivity index (χ0) is 12.4. The number of aromatic nitrogens is 2. The third-order valence-corrected chi connectivity index (χ3v) is 2.88. The molecule has 0 saturated carbocycles. The van der Waals surface area contributed by atoms with E-state index in [-0.39, 0.29) is 19.0 Å². The molecule has 0 amide bonds. The number of esters is 1. The van der Waals surface area contributed by atoms with E-state index in [4.69, 9.17) is 10.5 Å². The summed E-state index contributed by atoms with van der Waals surface area (Å²) in [6.07, 6.45) is 1.86. The van der Waals surface area contributed by atoms with Gasteiger partial charge in [0.25, 0.3) is 0 Å². The monoisotopic (exact) mass is 296 g/mol. The van der Waals surface area contributed by atoms with Crippen molar-refractivity contribution in [1.29, 1.82) is 0 Å². The molecule has 0 aliphatic rings. The number of ether oxygens (including phenoxy) is 1. The number of rotatable bonds is 3. The fourth-order valence-electron chi connectivity index (χ4n) is 1.51. The highest BCUT2D eigenvalue weighted by molar-refractivity contribution is 9.10. The number of halogens is 1. The Labute approximate surface area is 107 Å². The van der Waals surface area contributed by atoms with Gasteiger partial charge in [0.2, 0.25) is 6.61 Å². The van der Waals surface area contributed by atoms with Crippen LogP contribution in [0, 0.1) is 6.92 Å². The Kier molecular flexibility index (Phi) is 3.23. The molecular weight excluding hydrogens is 286 g/mol. The normalized spacial score (nSPS) is 10.6. The number of nitrogens with two attached hydrogens (primary N) is 1. The molecule has 5 nitrogen and oxygen atoms in total. The fourth-order valence-corrected chi connectivity index (χ4v) is 1.91. The summed E-state index contributed by atoms with van der Waals surface area (Å²) in [5, 5.41) is 0. The molecule has 0 aromatic carbocycles. The molecule has 88 valence electrons. The number of pyridine rings is 1. The number of anilines is 1. The average Bonchev–Trinajstić information content (AvgIpc) is 2.69. The highest BCUT2D eigenvalue weighted by Crippen LogP contribution is 2.20. The van der Waals surface area contributed by atoms with Crippen LogP contribution in [0.3, 0.4) is 0 Å². The maximum atomic E-state index is 11.3. The van der Waals surface area contributed by atoms with Gasteiger partial charge in [-0.25, -0.2) is 4.98 Å². The predicted molar refractivity (Wildman–Crippen MR) is 67.3 cm³/mol. The van der Waals surface area contributed by atoms with Crippen LogP contribution in [0.4, 0.5) is 5.69 Å². The van der Waals surface area contributed by atoms with Gasteiger partial charge < -0.3 is 10.5 Å². The first kappa shape index (κ1) is 11.8. The molecular formula is C11H11BrN3O2+. The molecule has 0 saturated heterocycles. The number of nitrogen functional groups attached to an aromatic ring is 1. The number of carbonyl (C=O) groups excluding carboxylic acids is 1. The lowest BCUT2D eigenvalue weighted by Crippen LogP contribution is -2.07. The van der Waals surface area contributed by atoms with Crippen molar-refractivity contribution in [2.75, 3.05) is 12.3 Å². The van der Waals surface area contributed by atoms with Crippen molar-refractivity contribution in [1.82, 2.24) is 9.38 Å². The van der Waals surface area contributed by atoms with E-state index in [1.54, 1.807) is 16.7 Å². The highest BCUT2D eigenvalue weighted by Gasteiger charge is 2.11. The van der Waals surface area contributed by atoms with E-state index in [9.17, 15) is 4.79 Å². The molecule has 0 fully saturated rings. The van der Waals surface area contributed by atoms with Crippen LogP contribution in [-0.4, -0.2) is 22.0 Å². The lowest BCUT2D eigenvalue weighted by atomic mass is 10.3. The Morgan fingerprint density at radius 3 is 3.00 bits per heavy atom. The SMILES string of the molecule is [CH2+]COC(=O)Cc1cn2c(Br)ccc(N)c2n1. The summed E-state index contributed by atoms with van der Waals surface area (Å²) in [6, 6.07) is 3.58. The molecule has 6 heteroatoms. The second kappa shape index (κ2) is 4.67. The van der Waals surface area contributed by atoms with Gasteiger partial charge >= 0.3 is 5.97 Å². The van der Waals surface area contributed by atoms with Crippen molar-refractivity contribution in [2.24, 2.45) is 0 Å². The summed E-state index contributed by atoms with van der Waals surface area (Å²) in [4.78, 5) is 15.6. The van der Waals surface area contributed by atoms with Crippen LogP contribution in [0.5, 0.6) is 0 Å². The second-order valence-corrected chi connectivity index (χ2v) is 4.25. The molecule has 0 atom stereocenters. The van der Waals surface area contributed by atoms with Gasteiger partial charge in [0.1, 0.15) is 6.92 Å². The van der Waals surface area contributed by atoms with Crippen LogP contribution < -0.4 is 5.73 Å². The summed E-state index contributed by atoms with van der Waals surface area (Å²) in [6.45, 7) is 3.57. The zero-order valence-electron chi connectivity index (χ0n) is 9.02. The van der Waals surface area contributed by atoms with Crippen molar-refractivity contribution in [2.45, 2.75) is 6.42 Å². The molecule has 2 rings (SSSR count). The molecule has 0 aliphatic carbocycles.